The zero-order valence-corrected chi connectivity index (χ0v) is 16.6. The number of anilines is 1. The van der Waals surface area contributed by atoms with E-state index in [9.17, 15) is 14.0 Å². The molecule has 154 valence electrons. The Balaban J connectivity index is 1.68. The highest BCUT2D eigenvalue weighted by molar-refractivity contribution is 6.04. The standard InChI is InChI=1S/C24H24FN3O2/c25-21-9-4-8-20(16-21)24(30)28(15-5-14-26)17-18-10-12-22(13-11-18)27-23(29)19-6-2-1-3-7-19/h1-4,6-13,16H,5,14-15,17,26H2,(H,27,29). The average molecular weight is 405 g/mol. The molecule has 3 N–H and O–H groups in total. The summed E-state index contributed by atoms with van der Waals surface area (Å²) >= 11 is 0. The first kappa shape index (κ1) is 21.2. The van der Waals surface area contributed by atoms with Gasteiger partial charge in [-0.2, -0.15) is 0 Å². The number of carbonyl (C=O) groups is 2. The number of hydrogen-bond acceptors (Lipinski definition) is 3. The minimum absolute atomic E-state index is 0.186. The molecule has 0 bridgehead atoms. The van der Waals surface area contributed by atoms with Gasteiger partial charge in [-0.15, -0.1) is 0 Å². The van der Waals surface area contributed by atoms with Gasteiger partial charge in [-0.3, -0.25) is 9.59 Å². The molecule has 3 aromatic rings. The highest BCUT2D eigenvalue weighted by Crippen LogP contribution is 2.15. The van der Waals surface area contributed by atoms with E-state index in [1.807, 2.05) is 30.3 Å². The Bertz CT molecular complexity index is 991. The summed E-state index contributed by atoms with van der Waals surface area (Å²) in [6.45, 7) is 1.29. The van der Waals surface area contributed by atoms with Crippen LogP contribution in [0.3, 0.4) is 0 Å². The Hall–Kier alpha value is -3.51. The van der Waals surface area contributed by atoms with Gasteiger partial charge in [0.1, 0.15) is 5.82 Å². The summed E-state index contributed by atoms with van der Waals surface area (Å²) in [5.41, 5.74) is 8.05. The zero-order valence-electron chi connectivity index (χ0n) is 16.6. The molecule has 0 unspecified atom stereocenters. The Morgan fingerprint density at radius 1 is 0.900 bits per heavy atom. The van der Waals surface area contributed by atoms with Crippen LogP contribution in [-0.4, -0.2) is 29.8 Å². The number of amides is 2. The fourth-order valence-electron chi connectivity index (χ4n) is 3.05. The molecule has 0 spiro atoms. The number of nitrogens with zero attached hydrogens (tertiary/aromatic N) is 1. The maximum absolute atomic E-state index is 13.5. The SMILES string of the molecule is NCCCN(Cc1ccc(NC(=O)c2ccccc2)cc1)C(=O)c1cccc(F)c1. The third kappa shape index (κ3) is 5.75. The van der Waals surface area contributed by atoms with Crippen LogP contribution < -0.4 is 11.1 Å². The highest BCUT2D eigenvalue weighted by Gasteiger charge is 2.16. The molecule has 5 nitrogen and oxygen atoms in total. The van der Waals surface area contributed by atoms with Gasteiger partial charge in [0.2, 0.25) is 0 Å². The summed E-state index contributed by atoms with van der Waals surface area (Å²) in [5.74, 6) is -0.878. The van der Waals surface area contributed by atoms with E-state index >= 15 is 0 Å². The number of benzene rings is 3. The van der Waals surface area contributed by atoms with Crippen LogP contribution in [0.5, 0.6) is 0 Å². The summed E-state index contributed by atoms with van der Waals surface area (Å²) in [7, 11) is 0. The topological polar surface area (TPSA) is 75.4 Å². The lowest BCUT2D eigenvalue weighted by Gasteiger charge is -2.23. The van der Waals surface area contributed by atoms with Crippen molar-refractivity contribution in [2.45, 2.75) is 13.0 Å². The molecular formula is C24H24FN3O2. The van der Waals surface area contributed by atoms with E-state index in [1.165, 1.54) is 18.2 Å². The van der Waals surface area contributed by atoms with Crippen LogP contribution in [0.2, 0.25) is 0 Å². The van der Waals surface area contributed by atoms with Crippen LogP contribution in [0.15, 0.2) is 78.9 Å². The second-order valence-corrected chi connectivity index (χ2v) is 6.90. The number of carbonyl (C=O) groups excluding carboxylic acids is 2. The molecule has 0 saturated carbocycles. The maximum Gasteiger partial charge on any atom is 0.255 e. The predicted octanol–water partition coefficient (Wildman–Crippen LogP) is 4.07. The normalized spacial score (nSPS) is 10.5. The maximum atomic E-state index is 13.5. The van der Waals surface area contributed by atoms with Gasteiger partial charge in [0.05, 0.1) is 0 Å². The van der Waals surface area contributed by atoms with Crippen molar-refractivity contribution in [2.75, 3.05) is 18.4 Å². The van der Waals surface area contributed by atoms with Crippen molar-refractivity contribution in [3.05, 3.63) is 101 Å². The zero-order chi connectivity index (χ0) is 21.3. The molecule has 0 aliphatic carbocycles. The molecule has 0 heterocycles. The van der Waals surface area contributed by atoms with E-state index in [2.05, 4.69) is 5.32 Å². The van der Waals surface area contributed by atoms with Crippen molar-refractivity contribution < 1.29 is 14.0 Å². The third-order valence-corrected chi connectivity index (χ3v) is 4.61. The van der Waals surface area contributed by atoms with E-state index in [1.54, 1.807) is 35.2 Å². The van der Waals surface area contributed by atoms with E-state index in [0.29, 0.717) is 42.9 Å². The number of rotatable bonds is 8. The molecule has 3 rings (SSSR count). The minimum Gasteiger partial charge on any atom is -0.334 e. The molecular weight excluding hydrogens is 381 g/mol. The monoisotopic (exact) mass is 405 g/mol. The molecule has 0 aromatic heterocycles. The average Bonchev–Trinajstić information content (AvgIpc) is 2.78. The van der Waals surface area contributed by atoms with Gasteiger partial charge in [-0.05, 0) is 61.0 Å². The van der Waals surface area contributed by atoms with Gasteiger partial charge >= 0.3 is 0 Å². The molecule has 0 atom stereocenters. The highest BCUT2D eigenvalue weighted by atomic mass is 19.1. The number of hydrogen-bond donors (Lipinski definition) is 2. The fourth-order valence-corrected chi connectivity index (χ4v) is 3.05. The lowest BCUT2D eigenvalue weighted by Crippen LogP contribution is -2.32. The quantitative estimate of drug-likeness (QED) is 0.593. The van der Waals surface area contributed by atoms with Gasteiger partial charge < -0.3 is 16.0 Å². The van der Waals surface area contributed by atoms with Gasteiger partial charge in [0.15, 0.2) is 0 Å². The van der Waals surface area contributed by atoms with Crippen LogP contribution >= 0.6 is 0 Å². The summed E-state index contributed by atoms with van der Waals surface area (Å²) in [4.78, 5) is 26.8. The van der Waals surface area contributed by atoms with Crippen LogP contribution in [0, 0.1) is 5.82 Å². The second kappa shape index (κ2) is 10.3. The van der Waals surface area contributed by atoms with Gasteiger partial charge in [-0.25, -0.2) is 4.39 Å². The number of nitrogens with one attached hydrogen (secondary N) is 1. The first-order valence-corrected chi connectivity index (χ1v) is 9.77. The van der Waals surface area contributed by atoms with Crippen LogP contribution in [-0.2, 0) is 6.54 Å². The lowest BCUT2D eigenvalue weighted by molar-refractivity contribution is 0.0741. The second-order valence-electron chi connectivity index (χ2n) is 6.90. The third-order valence-electron chi connectivity index (χ3n) is 4.61. The fraction of sp³-hybridized carbons (Fsp3) is 0.167. The van der Waals surface area contributed by atoms with Crippen molar-refractivity contribution >= 4 is 17.5 Å². The first-order chi connectivity index (χ1) is 14.6. The van der Waals surface area contributed by atoms with Crippen LogP contribution in [0.1, 0.15) is 32.7 Å². The van der Waals surface area contributed by atoms with Crippen molar-refractivity contribution in [3.63, 3.8) is 0 Å². The first-order valence-electron chi connectivity index (χ1n) is 9.77. The van der Waals surface area contributed by atoms with Crippen LogP contribution in [0.4, 0.5) is 10.1 Å². The van der Waals surface area contributed by atoms with E-state index in [0.717, 1.165) is 5.56 Å². The minimum atomic E-state index is -0.446. The van der Waals surface area contributed by atoms with Gasteiger partial charge in [0.25, 0.3) is 11.8 Å². The molecule has 6 heteroatoms. The molecule has 30 heavy (non-hydrogen) atoms. The molecule has 0 aliphatic rings. The Morgan fingerprint density at radius 2 is 1.60 bits per heavy atom. The van der Waals surface area contributed by atoms with E-state index in [4.69, 9.17) is 5.73 Å². The Kier molecular flexibility index (Phi) is 7.29. The largest absolute Gasteiger partial charge is 0.334 e. The smallest absolute Gasteiger partial charge is 0.255 e. The molecule has 3 aromatic carbocycles. The summed E-state index contributed by atoms with van der Waals surface area (Å²) in [6.07, 6.45) is 0.645. The molecule has 0 saturated heterocycles. The molecule has 2 amide bonds. The summed E-state index contributed by atoms with van der Waals surface area (Å²) < 4.78 is 13.5. The summed E-state index contributed by atoms with van der Waals surface area (Å²) in [5, 5.41) is 2.85. The molecule has 0 radical (unpaired) electrons. The van der Waals surface area contributed by atoms with Crippen molar-refractivity contribution in [1.82, 2.24) is 4.90 Å². The van der Waals surface area contributed by atoms with Crippen molar-refractivity contribution in [1.29, 1.82) is 0 Å². The number of halogens is 1. The molecule has 0 fully saturated rings. The van der Waals surface area contributed by atoms with E-state index < -0.39 is 5.82 Å². The van der Waals surface area contributed by atoms with Gasteiger partial charge in [0, 0.05) is 29.9 Å². The lowest BCUT2D eigenvalue weighted by atomic mass is 10.1. The predicted molar refractivity (Wildman–Crippen MR) is 116 cm³/mol. The van der Waals surface area contributed by atoms with E-state index in [-0.39, 0.29) is 11.8 Å². The van der Waals surface area contributed by atoms with Gasteiger partial charge in [-0.1, -0.05) is 36.4 Å². The van der Waals surface area contributed by atoms with Crippen LogP contribution in [0.25, 0.3) is 0 Å². The Labute approximate surface area is 175 Å². The Morgan fingerprint density at radius 3 is 2.27 bits per heavy atom. The number of nitrogens with two attached hydrogens (primary N) is 1. The van der Waals surface area contributed by atoms with Crippen molar-refractivity contribution in [3.8, 4) is 0 Å². The summed E-state index contributed by atoms with van der Waals surface area (Å²) in [6, 6.07) is 21.9. The van der Waals surface area contributed by atoms with Crippen molar-refractivity contribution in [2.24, 2.45) is 5.73 Å². The molecule has 0 aliphatic heterocycles.